The Morgan fingerprint density at radius 3 is 2.53 bits per heavy atom. The van der Waals surface area contributed by atoms with E-state index in [1.54, 1.807) is 6.20 Å². The van der Waals surface area contributed by atoms with Crippen molar-refractivity contribution in [1.29, 1.82) is 0 Å². The highest BCUT2D eigenvalue weighted by Gasteiger charge is 2.20. The lowest BCUT2D eigenvalue weighted by molar-refractivity contribution is 0.561. The molecule has 0 N–H and O–H groups in total. The van der Waals surface area contributed by atoms with Gasteiger partial charge in [-0.2, -0.15) is 5.10 Å². The highest BCUT2D eigenvalue weighted by Crippen LogP contribution is 2.25. The summed E-state index contributed by atoms with van der Waals surface area (Å²) in [5, 5.41) is 4.24. The maximum absolute atomic E-state index is 4.45. The van der Waals surface area contributed by atoms with Gasteiger partial charge in [0.2, 0.25) is 0 Å². The van der Waals surface area contributed by atoms with Gasteiger partial charge in [0.05, 0.1) is 11.4 Å². The molecule has 2 rings (SSSR count). The molecule has 0 radical (unpaired) electrons. The summed E-state index contributed by atoms with van der Waals surface area (Å²) in [6.45, 7) is 6.47. The quantitative estimate of drug-likeness (QED) is 0.710. The van der Waals surface area contributed by atoms with E-state index in [0.717, 1.165) is 11.4 Å². The summed E-state index contributed by atoms with van der Waals surface area (Å²) in [6.07, 6.45) is 5.54. The molecule has 15 heavy (non-hydrogen) atoms. The van der Waals surface area contributed by atoms with Crippen LogP contribution in [0.4, 0.5) is 0 Å². The molecule has 2 heterocycles. The van der Waals surface area contributed by atoms with Gasteiger partial charge < -0.3 is 0 Å². The third-order valence-corrected chi connectivity index (χ3v) is 2.25. The Bertz CT molecular complexity index is 438. The standard InChI is InChI=1S/C12H15N3/c1-12(2,3)11-10(6-4-7-13-11)15-9-5-8-14-15/h4-9H,1-3H3. The highest BCUT2D eigenvalue weighted by molar-refractivity contribution is 5.39. The number of pyridine rings is 1. The maximum atomic E-state index is 4.45. The normalized spacial score (nSPS) is 11.7. The van der Waals surface area contributed by atoms with E-state index in [1.165, 1.54) is 0 Å². The van der Waals surface area contributed by atoms with Crippen molar-refractivity contribution < 1.29 is 0 Å². The zero-order valence-corrected chi connectivity index (χ0v) is 9.31. The minimum atomic E-state index is 0.0303. The van der Waals surface area contributed by atoms with E-state index in [4.69, 9.17) is 0 Å². The predicted molar refractivity (Wildman–Crippen MR) is 60.1 cm³/mol. The Kier molecular flexibility index (Phi) is 2.31. The second kappa shape index (κ2) is 3.50. The lowest BCUT2D eigenvalue weighted by Gasteiger charge is -2.20. The summed E-state index contributed by atoms with van der Waals surface area (Å²) in [4.78, 5) is 4.45. The zero-order valence-electron chi connectivity index (χ0n) is 9.31. The highest BCUT2D eigenvalue weighted by atomic mass is 15.3. The number of nitrogens with zero attached hydrogens (tertiary/aromatic N) is 3. The van der Waals surface area contributed by atoms with Gasteiger partial charge in [0, 0.05) is 24.0 Å². The molecule has 0 atom stereocenters. The van der Waals surface area contributed by atoms with Crippen molar-refractivity contribution in [2.24, 2.45) is 0 Å². The molecule has 0 aliphatic rings. The summed E-state index contributed by atoms with van der Waals surface area (Å²) in [5.74, 6) is 0. The van der Waals surface area contributed by atoms with Gasteiger partial charge in [-0.25, -0.2) is 4.68 Å². The first-order chi connectivity index (χ1) is 7.09. The minimum Gasteiger partial charge on any atom is -0.258 e. The number of aromatic nitrogens is 3. The van der Waals surface area contributed by atoms with E-state index in [-0.39, 0.29) is 5.41 Å². The van der Waals surface area contributed by atoms with Crippen LogP contribution in [0.5, 0.6) is 0 Å². The van der Waals surface area contributed by atoms with Crippen LogP contribution in [0, 0.1) is 0 Å². The Hall–Kier alpha value is -1.64. The maximum Gasteiger partial charge on any atom is 0.0866 e. The van der Waals surface area contributed by atoms with Crippen molar-refractivity contribution in [3.63, 3.8) is 0 Å². The van der Waals surface area contributed by atoms with E-state index in [2.05, 4.69) is 30.9 Å². The number of hydrogen-bond acceptors (Lipinski definition) is 2. The molecular weight excluding hydrogens is 186 g/mol. The van der Waals surface area contributed by atoms with E-state index < -0.39 is 0 Å². The van der Waals surface area contributed by atoms with Crippen molar-refractivity contribution in [3.8, 4) is 5.69 Å². The Labute approximate surface area is 89.8 Å². The van der Waals surface area contributed by atoms with Crippen LogP contribution >= 0.6 is 0 Å². The van der Waals surface area contributed by atoms with Crippen LogP contribution in [0.25, 0.3) is 5.69 Å². The lowest BCUT2D eigenvalue weighted by Crippen LogP contribution is -2.17. The van der Waals surface area contributed by atoms with Crippen molar-refractivity contribution in [2.45, 2.75) is 26.2 Å². The van der Waals surface area contributed by atoms with Crippen LogP contribution in [0.2, 0.25) is 0 Å². The van der Waals surface area contributed by atoms with Crippen LogP contribution in [0.15, 0.2) is 36.8 Å². The summed E-state index contributed by atoms with van der Waals surface area (Å²) in [6, 6.07) is 5.90. The van der Waals surface area contributed by atoms with Gasteiger partial charge in [-0.3, -0.25) is 4.98 Å². The summed E-state index contributed by atoms with van der Waals surface area (Å²) in [7, 11) is 0. The fourth-order valence-electron chi connectivity index (χ4n) is 1.57. The van der Waals surface area contributed by atoms with Gasteiger partial charge >= 0.3 is 0 Å². The van der Waals surface area contributed by atoms with Crippen molar-refractivity contribution in [1.82, 2.24) is 14.8 Å². The van der Waals surface area contributed by atoms with Crippen LogP contribution in [-0.4, -0.2) is 14.8 Å². The van der Waals surface area contributed by atoms with Gasteiger partial charge in [-0.05, 0) is 18.2 Å². The Morgan fingerprint density at radius 1 is 1.13 bits per heavy atom. The molecule has 2 aromatic heterocycles. The number of rotatable bonds is 1. The largest absolute Gasteiger partial charge is 0.258 e. The van der Waals surface area contributed by atoms with Crippen LogP contribution in [-0.2, 0) is 5.41 Å². The second-order valence-corrected chi connectivity index (χ2v) is 4.57. The molecule has 0 spiro atoms. The molecule has 0 amide bonds. The first-order valence-electron chi connectivity index (χ1n) is 5.04. The van der Waals surface area contributed by atoms with Crippen LogP contribution in [0.3, 0.4) is 0 Å². The lowest BCUT2D eigenvalue weighted by atomic mass is 9.90. The average Bonchev–Trinajstić information content (AvgIpc) is 2.69. The molecule has 0 saturated heterocycles. The molecule has 0 aromatic carbocycles. The summed E-state index contributed by atoms with van der Waals surface area (Å²) >= 11 is 0. The van der Waals surface area contributed by atoms with Gasteiger partial charge in [-0.1, -0.05) is 20.8 Å². The van der Waals surface area contributed by atoms with Gasteiger partial charge in [0.25, 0.3) is 0 Å². The molecule has 0 saturated carbocycles. The van der Waals surface area contributed by atoms with Crippen molar-refractivity contribution >= 4 is 0 Å². The topological polar surface area (TPSA) is 30.7 Å². The molecule has 0 unspecified atom stereocenters. The van der Waals surface area contributed by atoms with Crippen molar-refractivity contribution in [2.75, 3.05) is 0 Å². The van der Waals surface area contributed by atoms with Crippen molar-refractivity contribution in [3.05, 3.63) is 42.5 Å². The second-order valence-electron chi connectivity index (χ2n) is 4.57. The van der Waals surface area contributed by atoms with Gasteiger partial charge in [0.15, 0.2) is 0 Å². The molecule has 2 aromatic rings. The van der Waals surface area contributed by atoms with E-state index in [1.807, 2.05) is 35.3 Å². The molecular formula is C12H15N3. The number of hydrogen-bond donors (Lipinski definition) is 0. The zero-order chi connectivity index (χ0) is 10.9. The fourth-order valence-corrected chi connectivity index (χ4v) is 1.57. The van der Waals surface area contributed by atoms with Gasteiger partial charge in [0.1, 0.15) is 0 Å². The Morgan fingerprint density at radius 2 is 1.93 bits per heavy atom. The third-order valence-electron chi connectivity index (χ3n) is 2.25. The van der Waals surface area contributed by atoms with E-state index in [0.29, 0.717) is 0 Å². The monoisotopic (exact) mass is 201 g/mol. The first-order valence-corrected chi connectivity index (χ1v) is 5.04. The Balaban J connectivity index is 2.58. The smallest absolute Gasteiger partial charge is 0.0866 e. The molecule has 0 fully saturated rings. The van der Waals surface area contributed by atoms with Crippen LogP contribution < -0.4 is 0 Å². The van der Waals surface area contributed by atoms with Gasteiger partial charge in [-0.15, -0.1) is 0 Å². The predicted octanol–water partition coefficient (Wildman–Crippen LogP) is 2.56. The summed E-state index contributed by atoms with van der Waals surface area (Å²) in [5.41, 5.74) is 2.14. The molecule has 0 bridgehead atoms. The molecule has 3 heteroatoms. The van der Waals surface area contributed by atoms with E-state index in [9.17, 15) is 0 Å². The third kappa shape index (κ3) is 1.91. The average molecular weight is 201 g/mol. The fraction of sp³-hybridized carbons (Fsp3) is 0.333. The minimum absolute atomic E-state index is 0.0303. The molecule has 0 aliphatic heterocycles. The van der Waals surface area contributed by atoms with E-state index >= 15 is 0 Å². The first kappa shape index (κ1) is 9.90. The SMILES string of the molecule is CC(C)(C)c1ncccc1-n1cccn1. The summed E-state index contributed by atoms with van der Waals surface area (Å²) < 4.78 is 1.85. The molecule has 0 aliphatic carbocycles. The molecule has 78 valence electrons. The molecule has 3 nitrogen and oxygen atoms in total. The van der Waals surface area contributed by atoms with Crippen LogP contribution in [0.1, 0.15) is 26.5 Å².